The molecule has 24 heavy (non-hydrogen) atoms. The van der Waals surface area contributed by atoms with Gasteiger partial charge >= 0.3 is 0 Å². The average molecular weight is 376 g/mol. The summed E-state index contributed by atoms with van der Waals surface area (Å²) in [5.74, 6) is 0. The van der Waals surface area contributed by atoms with E-state index in [1.807, 2.05) is 30.3 Å². The van der Waals surface area contributed by atoms with Crippen LogP contribution in [0.5, 0.6) is 0 Å². The van der Waals surface area contributed by atoms with Crippen LogP contribution in [-0.2, 0) is 0 Å². The molecule has 1 heterocycles. The van der Waals surface area contributed by atoms with Crippen molar-refractivity contribution >= 4 is 46.4 Å². The fourth-order valence-corrected chi connectivity index (χ4v) is 4.20. The lowest BCUT2D eigenvalue weighted by Crippen LogP contribution is -2.19. The van der Waals surface area contributed by atoms with Crippen LogP contribution in [0.25, 0.3) is 11.3 Å². The minimum atomic E-state index is 0.751. The Bertz CT molecular complexity index is 794. The molecule has 0 atom stereocenters. The van der Waals surface area contributed by atoms with E-state index >= 15 is 0 Å². The van der Waals surface area contributed by atoms with Gasteiger partial charge in [-0.2, -0.15) is 0 Å². The van der Waals surface area contributed by atoms with Crippen LogP contribution in [0.4, 0.5) is 0 Å². The first kappa shape index (κ1) is 17.5. The minimum Gasteiger partial charge on any atom is -0.311 e. The van der Waals surface area contributed by atoms with Gasteiger partial charge in [-0.15, -0.1) is 0 Å². The lowest BCUT2D eigenvalue weighted by molar-refractivity contribution is 0.631. The summed E-state index contributed by atoms with van der Waals surface area (Å²) in [5.41, 5.74) is 4.71. The summed E-state index contributed by atoms with van der Waals surface area (Å²) in [6.45, 7) is 5.33. The van der Waals surface area contributed by atoms with Gasteiger partial charge in [0, 0.05) is 27.1 Å². The number of hydrogen-bond acceptors (Lipinski definition) is 2. The summed E-state index contributed by atoms with van der Waals surface area (Å²) in [6, 6.07) is 16.1. The second kappa shape index (κ2) is 7.69. The molecule has 1 nitrogen and oxygen atoms in total. The van der Waals surface area contributed by atoms with Crippen LogP contribution in [0.15, 0.2) is 59.5 Å². The van der Waals surface area contributed by atoms with Gasteiger partial charge in [0.15, 0.2) is 0 Å². The standard InChI is InChI=1S/C20H19Cl2NS/c1-3-11-23-20(15-7-9-17(21)10-8-15)19(12-14(2)24-23)16-5-4-6-18(22)13-16/h4-10,12-13H,3,11H2,1-2H3. The molecule has 0 radical (unpaired) electrons. The summed E-state index contributed by atoms with van der Waals surface area (Å²) in [7, 11) is 0. The fourth-order valence-electron chi connectivity index (χ4n) is 2.80. The molecule has 124 valence electrons. The van der Waals surface area contributed by atoms with Gasteiger partial charge in [0.2, 0.25) is 0 Å². The molecule has 1 aliphatic rings. The average Bonchev–Trinajstić information content (AvgIpc) is 2.56. The van der Waals surface area contributed by atoms with Crippen molar-refractivity contribution in [3.8, 4) is 0 Å². The Labute approximate surface area is 158 Å². The van der Waals surface area contributed by atoms with Crippen molar-refractivity contribution in [2.75, 3.05) is 6.54 Å². The number of benzene rings is 2. The zero-order valence-electron chi connectivity index (χ0n) is 13.7. The lowest BCUT2D eigenvalue weighted by Gasteiger charge is -2.32. The van der Waals surface area contributed by atoms with Gasteiger partial charge in [0.25, 0.3) is 0 Å². The van der Waals surface area contributed by atoms with E-state index < -0.39 is 0 Å². The molecule has 0 aliphatic carbocycles. The summed E-state index contributed by atoms with van der Waals surface area (Å²) < 4.78 is 2.37. The third kappa shape index (κ3) is 3.83. The van der Waals surface area contributed by atoms with Crippen molar-refractivity contribution in [3.05, 3.63) is 80.7 Å². The van der Waals surface area contributed by atoms with Gasteiger partial charge in [0.1, 0.15) is 0 Å². The van der Waals surface area contributed by atoms with Crippen LogP contribution in [0, 0.1) is 0 Å². The molecule has 0 unspecified atom stereocenters. The van der Waals surface area contributed by atoms with E-state index in [9.17, 15) is 0 Å². The molecule has 2 aromatic carbocycles. The molecule has 0 N–H and O–H groups in total. The van der Waals surface area contributed by atoms with E-state index in [0.29, 0.717) is 0 Å². The number of rotatable bonds is 4. The number of hydrogen-bond donors (Lipinski definition) is 0. The zero-order valence-corrected chi connectivity index (χ0v) is 16.1. The molecule has 0 amide bonds. The maximum absolute atomic E-state index is 6.23. The second-order valence-corrected chi connectivity index (χ2v) is 7.87. The summed E-state index contributed by atoms with van der Waals surface area (Å²) in [4.78, 5) is 1.27. The van der Waals surface area contributed by atoms with Gasteiger partial charge < -0.3 is 4.31 Å². The van der Waals surface area contributed by atoms with Crippen molar-refractivity contribution in [1.29, 1.82) is 0 Å². The highest BCUT2D eigenvalue weighted by molar-refractivity contribution is 8.01. The molecule has 2 aromatic rings. The highest BCUT2D eigenvalue weighted by Crippen LogP contribution is 2.42. The van der Waals surface area contributed by atoms with Gasteiger partial charge in [-0.1, -0.05) is 54.4 Å². The molecule has 3 rings (SSSR count). The van der Waals surface area contributed by atoms with Gasteiger partial charge in [0.05, 0.1) is 5.70 Å². The largest absolute Gasteiger partial charge is 0.311 e. The van der Waals surface area contributed by atoms with Crippen molar-refractivity contribution in [2.45, 2.75) is 20.3 Å². The Kier molecular flexibility index (Phi) is 5.60. The number of halogens is 2. The van der Waals surface area contributed by atoms with Gasteiger partial charge in [-0.3, -0.25) is 0 Å². The molecule has 0 spiro atoms. The van der Waals surface area contributed by atoms with Crippen LogP contribution in [0.2, 0.25) is 10.0 Å². The molecule has 0 saturated heterocycles. The van der Waals surface area contributed by atoms with E-state index in [1.165, 1.54) is 21.7 Å². The van der Waals surface area contributed by atoms with E-state index in [0.717, 1.165) is 28.6 Å². The third-order valence-corrected chi connectivity index (χ3v) is 5.26. The first-order chi connectivity index (χ1) is 11.6. The van der Waals surface area contributed by atoms with Crippen molar-refractivity contribution < 1.29 is 0 Å². The Morgan fingerprint density at radius 1 is 0.958 bits per heavy atom. The SMILES string of the molecule is CCCN1SC(C)=CC(c2cccc(Cl)c2)=C1c1ccc(Cl)cc1. The Morgan fingerprint density at radius 3 is 2.38 bits per heavy atom. The van der Waals surface area contributed by atoms with Gasteiger partial charge in [-0.05, 0) is 66.8 Å². The number of allylic oxidation sites excluding steroid dienone is 3. The van der Waals surface area contributed by atoms with Crippen LogP contribution in [0.3, 0.4) is 0 Å². The second-order valence-electron chi connectivity index (χ2n) is 5.73. The Hall–Kier alpha value is -1.35. The van der Waals surface area contributed by atoms with Crippen LogP contribution >= 0.6 is 35.1 Å². The van der Waals surface area contributed by atoms with Crippen molar-refractivity contribution in [2.24, 2.45) is 0 Å². The first-order valence-electron chi connectivity index (χ1n) is 7.98. The molecule has 0 fully saturated rings. The topological polar surface area (TPSA) is 3.24 Å². The fraction of sp³-hybridized carbons (Fsp3) is 0.200. The predicted molar refractivity (Wildman–Crippen MR) is 108 cm³/mol. The number of nitrogens with zero attached hydrogens (tertiary/aromatic N) is 1. The quantitative estimate of drug-likeness (QED) is 0.522. The van der Waals surface area contributed by atoms with Crippen molar-refractivity contribution in [1.82, 2.24) is 4.31 Å². The molecule has 1 aliphatic heterocycles. The molecule has 0 bridgehead atoms. The van der Waals surface area contributed by atoms with Crippen molar-refractivity contribution in [3.63, 3.8) is 0 Å². The molecular weight excluding hydrogens is 357 g/mol. The maximum Gasteiger partial charge on any atom is 0.0624 e. The first-order valence-corrected chi connectivity index (χ1v) is 9.51. The molecular formula is C20H19Cl2NS. The molecule has 0 saturated carbocycles. The Balaban J connectivity index is 2.21. The monoisotopic (exact) mass is 375 g/mol. The van der Waals surface area contributed by atoms with Gasteiger partial charge in [-0.25, -0.2) is 0 Å². The van der Waals surface area contributed by atoms with Crippen LogP contribution in [-0.4, -0.2) is 10.8 Å². The highest BCUT2D eigenvalue weighted by atomic mass is 35.5. The van der Waals surface area contributed by atoms with E-state index in [1.54, 1.807) is 11.9 Å². The minimum absolute atomic E-state index is 0.751. The smallest absolute Gasteiger partial charge is 0.0624 e. The normalized spacial score (nSPS) is 14.8. The predicted octanol–water partition coefficient (Wildman–Crippen LogP) is 7.14. The van der Waals surface area contributed by atoms with Crippen LogP contribution in [0.1, 0.15) is 31.4 Å². The van der Waals surface area contributed by atoms with Crippen LogP contribution < -0.4 is 0 Å². The van der Waals surface area contributed by atoms with E-state index in [-0.39, 0.29) is 0 Å². The van der Waals surface area contributed by atoms with E-state index in [4.69, 9.17) is 23.2 Å². The molecule has 0 aromatic heterocycles. The highest BCUT2D eigenvalue weighted by Gasteiger charge is 2.22. The molecule has 4 heteroatoms. The summed E-state index contributed by atoms with van der Waals surface area (Å²) in [6.07, 6.45) is 3.33. The zero-order chi connectivity index (χ0) is 17.1. The van der Waals surface area contributed by atoms with E-state index in [2.05, 4.69) is 42.4 Å². The maximum atomic E-state index is 6.23. The third-order valence-electron chi connectivity index (χ3n) is 3.79. The Morgan fingerprint density at radius 2 is 1.71 bits per heavy atom. The lowest BCUT2D eigenvalue weighted by atomic mass is 9.98. The summed E-state index contributed by atoms with van der Waals surface area (Å²) >= 11 is 14.1. The summed E-state index contributed by atoms with van der Waals surface area (Å²) in [5, 5.41) is 1.50.